The molecule has 1 N–H and O–H groups in total. The predicted molar refractivity (Wildman–Crippen MR) is 115 cm³/mol. The van der Waals surface area contributed by atoms with Crippen LogP contribution in [0.5, 0.6) is 0 Å². The van der Waals surface area contributed by atoms with Crippen molar-refractivity contribution in [3.63, 3.8) is 0 Å². The van der Waals surface area contributed by atoms with E-state index >= 15 is 0 Å². The smallest absolute Gasteiger partial charge is 0.337 e. The Kier molecular flexibility index (Phi) is 5.68. The van der Waals surface area contributed by atoms with Gasteiger partial charge in [0.25, 0.3) is 0 Å². The van der Waals surface area contributed by atoms with Crippen molar-refractivity contribution in [2.75, 3.05) is 13.7 Å². The van der Waals surface area contributed by atoms with E-state index < -0.39 is 0 Å². The van der Waals surface area contributed by atoms with Gasteiger partial charge in [-0.3, -0.25) is 9.89 Å². The number of aromatic amines is 1. The predicted octanol–water partition coefficient (Wildman–Crippen LogP) is 4.11. The van der Waals surface area contributed by atoms with Crippen LogP contribution in [0.2, 0.25) is 5.02 Å². The summed E-state index contributed by atoms with van der Waals surface area (Å²) in [4.78, 5) is 26.0. The number of fused-ring (bicyclic) bond motifs is 1. The lowest BCUT2D eigenvalue weighted by molar-refractivity contribution is -0.126. The second-order valence-electron chi connectivity index (χ2n) is 7.00. The first-order valence-electron chi connectivity index (χ1n) is 9.52. The van der Waals surface area contributed by atoms with E-state index in [9.17, 15) is 9.59 Å². The number of H-pyrrole nitrogens is 1. The molecule has 1 aliphatic rings. The summed E-state index contributed by atoms with van der Waals surface area (Å²) in [7, 11) is 1.34. The van der Waals surface area contributed by atoms with Crippen LogP contribution in [0.15, 0.2) is 54.6 Å². The lowest BCUT2D eigenvalue weighted by atomic mass is 10.0. The molecule has 0 unspecified atom stereocenters. The Balaban J connectivity index is 1.48. The van der Waals surface area contributed by atoms with Gasteiger partial charge in [-0.15, -0.1) is 0 Å². The molecule has 1 aliphatic heterocycles. The normalized spacial score (nSPS) is 13.3. The fourth-order valence-corrected chi connectivity index (χ4v) is 3.67. The summed E-state index contributed by atoms with van der Waals surface area (Å²) in [5.74, 6) is -0.461. The number of rotatable bonds is 4. The number of hydrogen-bond donors (Lipinski definition) is 1. The molecule has 2 aromatic carbocycles. The number of halogens is 1. The first kappa shape index (κ1) is 19.9. The van der Waals surface area contributed by atoms with Crippen molar-refractivity contribution in [1.82, 2.24) is 15.1 Å². The van der Waals surface area contributed by atoms with Gasteiger partial charge in [0.15, 0.2) is 0 Å². The molecule has 4 rings (SSSR count). The van der Waals surface area contributed by atoms with Gasteiger partial charge in [-0.1, -0.05) is 35.9 Å². The van der Waals surface area contributed by atoms with Crippen LogP contribution in [0, 0.1) is 0 Å². The van der Waals surface area contributed by atoms with Gasteiger partial charge in [0.1, 0.15) is 0 Å². The number of carbonyl (C=O) groups is 2. The van der Waals surface area contributed by atoms with Gasteiger partial charge in [0, 0.05) is 47.4 Å². The van der Waals surface area contributed by atoms with E-state index in [0.717, 1.165) is 34.5 Å². The number of hydrogen-bond acceptors (Lipinski definition) is 4. The monoisotopic (exact) mass is 421 g/mol. The van der Waals surface area contributed by atoms with Gasteiger partial charge >= 0.3 is 5.97 Å². The molecule has 0 saturated carbocycles. The van der Waals surface area contributed by atoms with Gasteiger partial charge in [0.05, 0.1) is 18.4 Å². The van der Waals surface area contributed by atoms with Crippen molar-refractivity contribution in [3.8, 4) is 11.3 Å². The van der Waals surface area contributed by atoms with Crippen molar-refractivity contribution >= 4 is 29.6 Å². The van der Waals surface area contributed by atoms with Crippen molar-refractivity contribution < 1.29 is 14.3 Å². The molecule has 0 aliphatic carbocycles. The van der Waals surface area contributed by atoms with Crippen LogP contribution in [0.4, 0.5) is 0 Å². The van der Waals surface area contributed by atoms with Crippen LogP contribution in [-0.4, -0.2) is 40.6 Å². The van der Waals surface area contributed by atoms with Crippen LogP contribution in [0.25, 0.3) is 17.3 Å². The number of nitrogens with one attached hydrogen (secondary N) is 1. The van der Waals surface area contributed by atoms with Crippen molar-refractivity contribution in [3.05, 3.63) is 82.0 Å². The van der Waals surface area contributed by atoms with Gasteiger partial charge in [-0.05, 0) is 35.9 Å². The van der Waals surface area contributed by atoms with E-state index in [4.69, 9.17) is 16.3 Å². The first-order valence-corrected chi connectivity index (χ1v) is 9.90. The quantitative estimate of drug-likeness (QED) is 0.508. The molecule has 1 aromatic heterocycles. The van der Waals surface area contributed by atoms with E-state index in [1.807, 2.05) is 24.3 Å². The molecule has 2 heterocycles. The Morgan fingerprint density at radius 2 is 2.00 bits per heavy atom. The third-order valence-corrected chi connectivity index (χ3v) is 5.33. The Labute approximate surface area is 179 Å². The first-order chi connectivity index (χ1) is 14.5. The van der Waals surface area contributed by atoms with Gasteiger partial charge in [0.2, 0.25) is 5.91 Å². The van der Waals surface area contributed by atoms with Crippen molar-refractivity contribution in [2.45, 2.75) is 13.0 Å². The minimum absolute atomic E-state index is 0.0732. The second-order valence-corrected chi connectivity index (χ2v) is 7.43. The molecule has 0 spiro atoms. The average molecular weight is 422 g/mol. The fraction of sp³-hybridized carbons (Fsp3) is 0.174. The van der Waals surface area contributed by atoms with Crippen LogP contribution in [-0.2, 0) is 22.5 Å². The number of nitrogens with zero attached hydrogens (tertiary/aromatic N) is 2. The summed E-state index contributed by atoms with van der Waals surface area (Å²) >= 11 is 6.12. The van der Waals surface area contributed by atoms with Crippen LogP contribution >= 0.6 is 11.6 Å². The fourth-order valence-electron chi connectivity index (χ4n) is 3.48. The molecule has 30 heavy (non-hydrogen) atoms. The number of benzene rings is 2. The maximum Gasteiger partial charge on any atom is 0.337 e. The highest BCUT2D eigenvalue weighted by Crippen LogP contribution is 2.29. The van der Waals surface area contributed by atoms with Gasteiger partial charge in [-0.2, -0.15) is 5.10 Å². The topological polar surface area (TPSA) is 75.3 Å². The minimum atomic E-state index is -0.388. The summed E-state index contributed by atoms with van der Waals surface area (Å²) in [5, 5.41) is 8.19. The molecule has 0 fully saturated rings. The van der Waals surface area contributed by atoms with E-state index in [1.54, 1.807) is 41.3 Å². The van der Waals surface area contributed by atoms with Crippen molar-refractivity contribution in [2.24, 2.45) is 0 Å². The molecular weight excluding hydrogens is 402 g/mol. The lowest BCUT2D eigenvalue weighted by Crippen LogP contribution is -2.34. The summed E-state index contributed by atoms with van der Waals surface area (Å²) in [6, 6.07) is 14.4. The third-order valence-electron chi connectivity index (χ3n) is 5.09. The van der Waals surface area contributed by atoms with Crippen LogP contribution in [0.3, 0.4) is 0 Å². The largest absolute Gasteiger partial charge is 0.465 e. The maximum absolute atomic E-state index is 12.7. The number of amides is 1. The Morgan fingerprint density at radius 1 is 1.20 bits per heavy atom. The zero-order valence-corrected chi connectivity index (χ0v) is 17.1. The van der Waals surface area contributed by atoms with Crippen LogP contribution in [0.1, 0.15) is 27.2 Å². The average Bonchev–Trinajstić information content (AvgIpc) is 3.20. The number of aromatic nitrogens is 2. The molecule has 0 bridgehead atoms. The highest BCUT2D eigenvalue weighted by molar-refractivity contribution is 6.30. The zero-order valence-electron chi connectivity index (χ0n) is 16.4. The summed E-state index contributed by atoms with van der Waals surface area (Å²) in [6.45, 7) is 1.10. The molecule has 3 aromatic rings. The Hall–Kier alpha value is -3.38. The SMILES string of the molecule is COC(=O)c1ccc(/C=C/C(=O)N2CCc3[nH]nc(-c4cccc(Cl)c4)c3C2)cc1. The third kappa shape index (κ3) is 4.14. The van der Waals surface area contributed by atoms with E-state index in [1.165, 1.54) is 7.11 Å². The molecular formula is C23H20ClN3O3. The summed E-state index contributed by atoms with van der Waals surface area (Å²) in [5.41, 5.74) is 5.13. The highest BCUT2D eigenvalue weighted by atomic mass is 35.5. The second kappa shape index (κ2) is 8.55. The molecule has 0 saturated heterocycles. The molecule has 0 atom stereocenters. The highest BCUT2D eigenvalue weighted by Gasteiger charge is 2.24. The molecule has 1 amide bonds. The summed E-state index contributed by atoms with van der Waals surface area (Å²) in [6.07, 6.45) is 4.01. The zero-order chi connectivity index (χ0) is 21.1. The Morgan fingerprint density at radius 3 is 2.73 bits per heavy atom. The van der Waals surface area contributed by atoms with Crippen molar-refractivity contribution in [1.29, 1.82) is 0 Å². The van der Waals surface area contributed by atoms with Crippen LogP contribution < -0.4 is 0 Å². The van der Waals surface area contributed by atoms with E-state index in [0.29, 0.717) is 23.7 Å². The van der Waals surface area contributed by atoms with E-state index in [-0.39, 0.29) is 11.9 Å². The lowest BCUT2D eigenvalue weighted by Gasteiger charge is -2.26. The number of esters is 1. The molecule has 6 nitrogen and oxygen atoms in total. The summed E-state index contributed by atoms with van der Waals surface area (Å²) < 4.78 is 4.69. The molecule has 152 valence electrons. The standard InChI is InChI=1S/C23H20ClN3O3/c1-30-23(29)16-8-5-15(6-9-16)7-10-21(28)27-12-11-20-19(14-27)22(26-25-20)17-3-2-4-18(24)13-17/h2-10,13H,11-12,14H2,1H3,(H,25,26)/b10-7+. The maximum atomic E-state index is 12.7. The molecule has 0 radical (unpaired) electrons. The Bertz CT molecular complexity index is 1120. The minimum Gasteiger partial charge on any atom is -0.465 e. The van der Waals surface area contributed by atoms with E-state index in [2.05, 4.69) is 10.2 Å². The molecule has 7 heteroatoms. The number of ether oxygens (including phenoxy) is 1. The number of carbonyl (C=O) groups excluding carboxylic acids is 2. The van der Waals surface area contributed by atoms with Gasteiger partial charge < -0.3 is 9.64 Å². The van der Waals surface area contributed by atoms with Gasteiger partial charge in [-0.25, -0.2) is 4.79 Å². The number of methoxy groups -OCH3 is 1.